The number of hydrogen-bond donors (Lipinski definition) is 1. The lowest BCUT2D eigenvalue weighted by Gasteiger charge is -2.16. The Bertz CT molecular complexity index is 461. The average Bonchev–Trinajstić information content (AvgIpc) is 2.41. The predicted molar refractivity (Wildman–Crippen MR) is 79.1 cm³/mol. The van der Waals surface area contributed by atoms with E-state index in [-0.39, 0.29) is 11.7 Å². The molecule has 20 heavy (non-hydrogen) atoms. The van der Waals surface area contributed by atoms with Crippen LogP contribution in [0.1, 0.15) is 24.8 Å². The van der Waals surface area contributed by atoms with E-state index in [1.807, 2.05) is 37.3 Å². The highest BCUT2D eigenvalue weighted by Crippen LogP contribution is 2.17. The number of hydrogen-bond acceptors (Lipinski definition) is 4. The minimum Gasteiger partial charge on any atom is -0.379 e. The van der Waals surface area contributed by atoms with Crippen molar-refractivity contribution in [2.75, 3.05) is 32.2 Å². The van der Waals surface area contributed by atoms with Gasteiger partial charge in [0.25, 0.3) is 0 Å². The lowest BCUT2D eigenvalue weighted by Crippen LogP contribution is -2.25. The van der Waals surface area contributed by atoms with Crippen LogP contribution in [0.2, 0.25) is 0 Å². The maximum absolute atomic E-state index is 11.3. The molecule has 114 valence electrons. The number of sulfonamides is 1. The third-order valence-electron chi connectivity index (χ3n) is 2.74. The zero-order chi connectivity index (χ0) is 14.8. The molecule has 6 heteroatoms. The highest BCUT2D eigenvalue weighted by molar-refractivity contribution is 7.89. The van der Waals surface area contributed by atoms with Crippen molar-refractivity contribution in [1.29, 1.82) is 0 Å². The number of rotatable bonds is 10. The summed E-state index contributed by atoms with van der Waals surface area (Å²) in [6, 6.07) is 9.39. The van der Waals surface area contributed by atoms with E-state index in [0.29, 0.717) is 26.4 Å². The normalized spacial score (nSPS) is 13.3. The van der Waals surface area contributed by atoms with Gasteiger partial charge in [0.15, 0.2) is 0 Å². The van der Waals surface area contributed by atoms with Crippen LogP contribution >= 0.6 is 0 Å². The van der Waals surface area contributed by atoms with Crippen molar-refractivity contribution in [3.05, 3.63) is 35.9 Å². The number of benzene rings is 1. The third kappa shape index (κ3) is 7.59. The first kappa shape index (κ1) is 17.1. The SMILES string of the molecule is CCCOCCOCC(CS(N)(=O)=O)c1ccccc1. The summed E-state index contributed by atoms with van der Waals surface area (Å²) in [4.78, 5) is 0. The van der Waals surface area contributed by atoms with Gasteiger partial charge in [-0.1, -0.05) is 37.3 Å². The Labute approximate surface area is 121 Å². The predicted octanol–water partition coefficient (Wildman–Crippen LogP) is 1.50. The van der Waals surface area contributed by atoms with Gasteiger partial charge in [-0.25, -0.2) is 13.6 Å². The summed E-state index contributed by atoms with van der Waals surface area (Å²) in [5.41, 5.74) is 0.913. The molecular weight excluding hydrogens is 278 g/mol. The Balaban J connectivity index is 2.48. The molecule has 0 amide bonds. The highest BCUT2D eigenvalue weighted by atomic mass is 32.2. The van der Waals surface area contributed by atoms with Gasteiger partial charge in [-0.3, -0.25) is 0 Å². The maximum atomic E-state index is 11.3. The lowest BCUT2D eigenvalue weighted by molar-refractivity contribution is 0.0440. The van der Waals surface area contributed by atoms with Crippen LogP contribution in [0.15, 0.2) is 30.3 Å². The van der Waals surface area contributed by atoms with Gasteiger partial charge in [0.05, 0.1) is 25.6 Å². The Morgan fingerprint density at radius 1 is 1.10 bits per heavy atom. The van der Waals surface area contributed by atoms with Gasteiger partial charge in [-0.05, 0) is 12.0 Å². The van der Waals surface area contributed by atoms with Gasteiger partial charge in [-0.2, -0.15) is 0 Å². The smallest absolute Gasteiger partial charge is 0.209 e. The molecule has 0 saturated carbocycles. The van der Waals surface area contributed by atoms with Crippen LogP contribution < -0.4 is 5.14 Å². The molecule has 0 aliphatic heterocycles. The topological polar surface area (TPSA) is 78.6 Å². The number of ether oxygens (including phenoxy) is 2. The Morgan fingerprint density at radius 2 is 1.75 bits per heavy atom. The van der Waals surface area contributed by atoms with Crippen molar-refractivity contribution in [1.82, 2.24) is 0 Å². The van der Waals surface area contributed by atoms with E-state index in [1.54, 1.807) is 0 Å². The molecule has 0 aliphatic rings. The van der Waals surface area contributed by atoms with Crippen LogP contribution in [0.4, 0.5) is 0 Å². The summed E-state index contributed by atoms with van der Waals surface area (Å²) in [5.74, 6) is -0.371. The summed E-state index contributed by atoms with van der Waals surface area (Å²) in [5, 5.41) is 5.14. The van der Waals surface area contributed by atoms with Crippen LogP contribution in [-0.2, 0) is 19.5 Å². The van der Waals surface area contributed by atoms with E-state index in [9.17, 15) is 8.42 Å². The summed E-state index contributed by atoms with van der Waals surface area (Å²) in [7, 11) is -3.53. The molecule has 0 saturated heterocycles. The van der Waals surface area contributed by atoms with Crippen molar-refractivity contribution in [3.8, 4) is 0 Å². The van der Waals surface area contributed by atoms with E-state index in [4.69, 9.17) is 14.6 Å². The molecule has 0 fully saturated rings. The average molecular weight is 301 g/mol. The molecule has 0 aromatic heterocycles. The largest absolute Gasteiger partial charge is 0.379 e. The monoisotopic (exact) mass is 301 g/mol. The molecule has 0 radical (unpaired) electrons. The lowest BCUT2D eigenvalue weighted by atomic mass is 10.0. The van der Waals surface area contributed by atoms with Gasteiger partial charge in [0.2, 0.25) is 10.0 Å². The van der Waals surface area contributed by atoms with E-state index < -0.39 is 10.0 Å². The first-order chi connectivity index (χ1) is 9.53. The fourth-order valence-corrected chi connectivity index (χ4v) is 2.69. The first-order valence-electron chi connectivity index (χ1n) is 6.74. The maximum Gasteiger partial charge on any atom is 0.209 e. The second kappa shape index (κ2) is 9.07. The van der Waals surface area contributed by atoms with Crippen LogP contribution in [0.25, 0.3) is 0 Å². The highest BCUT2D eigenvalue weighted by Gasteiger charge is 2.18. The molecule has 0 bridgehead atoms. The van der Waals surface area contributed by atoms with Crippen molar-refractivity contribution in [2.45, 2.75) is 19.3 Å². The number of primary sulfonamides is 1. The van der Waals surface area contributed by atoms with Crippen molar-refractivity contribution in [3.63, 3.8) is 0 Å². The Morgan fingerprint density at radius 3 is 2.35 bits per heavy atom. The molecule has 2 N–H and O–H groups in total. The standard InChI is InChI=1S/C14H23NO4S/c1-2-8-18-9-10-19-11-14(12-20(15,16)17)13-6-4-3-5-7-13/h3-7,14H,2,8-12H2,1H3,(H2,15,16,17). The quantitative estimate of drug-likeness (QED) is 0.664. The molecule has 1 atom stereocenters. The van der Waals surface area contributed by atoms with E-state index >= 15 is 0 Å². The first-order valence-corrected chi connectivity index (χ1v) is 8.45. The summed E-state index contributed by atoms with van der Waals surface area (Å²) in [6.45, 7) is 4.04. The molecular formula is C14H23NO4S. The molecule has 1 aromatic carbocycles. The second-order valence-electron chi connectivity index (χ2n) is 4.62. The zero-order valence-corrected chi connectivity index (χ0v) is 12.6. The summed E-state index contributed by atoms with van der Waals surface area (Å²) >= 11 is 0. The van der Waals surface area contributed by atoms with Gasteiger partial charge < -0.3 is 9.47 Å². The Kier molecular flexibility index (Phi) is 7.76. The van der Waals surface area contributed by atoms with Gasteiger partial charge in [0.1, 0.15) is 0 Å². The van der Waals surface area contributed by atoms with Crippen LogP contribution in [0.5, 0.6) is 0 Å². The van der Waals surface area contributed by atoms with E-state index in [2.05, 4.69) is 0 Å². The van der Waals surface area contributed by atoms with Crippen LogP contribution in [-0.4, -0.2) is 40.6 Å². The fourth-order valence-electron chi connectivity index (χ4n) is 1.84. The fraction of sp³-hybridized carbons (Fsp3) is 0.571. The minimum atomic E-state index is -3.53. The summed E-state index contributed by atoms with van der Waals surface area (Å²) < 4.78 is 33.4. The molecule has 0 aliphatic carbocycles. The van der Waals surface area contributed by atoms with Gasteiger partial charge >= 0.3 is 0 Å². The second-order valence-corrected chi connectivity index (χ2v) is 6.28. The van der Waals surface area contributed by atoms with Gasteiger partial charge in [-0.15, -0.1) is 0 Å². The molecule has 0 spiro atoms. The molecule has 1 unspecified atom stereocenters. The third-order valence-corrected chi connectivity index (χ3v) is 3.61. The Hall–Kier alpha value is -0.950. The molecule has 0 heterocycles. The number of nitrogens with two attached hydrogens (primary N) is 1. The minimum absolute atomic E-state index is 0.118. The van der Waals surface area contributed by atoms with Crippen LogP contribution in [0.3, 0.4) is 0 Å². The van der Waals surface area contributed by atoms with E-state index in [0.717, 1.165) is 12.0 Å². The van der Waals surface area contributed by atoms with Crippen molar-refractivity contribution in [2.24, 2.45) is 5.14 Å². The summed E-state index contributed by atoms with van der Waals surface area (Å²) in [6.07, 6.45) is 0.970. The van der Waals surface area contributed by atoms with Crippen LogP contribution in [0, 0.1) is 0 Å². The van der Waals surface area contributed by atoms with E-state index in [1.165, 1.54) is 0 Å². The molecule has 1 rings (SSSR count). The zero-order valence-electron chi connectivity index (χ0n) is 11.8. The van der Waals surface area contributed by atoms with Crippen molar-refractivity contribution < 1.29 is 17.9 Å². The molecule has 5 nitrogen and oxygen atoms in total. The van der Waals surface area contributed by atoms with Crippen molar-refractivity contribution >= 4 is 10.0 Å². The molecule has 1 aromatic rings. The van der Waals surface area contributed by atoms with Gasteiger partial charge in [0, 0.05) is 12.5 Å².